The molecule has 2 heterocycles. The summed E-state index contributed by atoms with van der Waals surface area (Å²) in [5, 5.41) is 4.13. The third-order valence-corrected chi connectivity index (χ3v) is 5.12. The number of halogens is 2. The first-order chi connectivity index (χ1) is 13.6. The van der Waals surface area contributed by atoms with Crippen LogP contribution in [0.2, 0.25) is 10.0 Å². The average Bonchev–Trinajstić information content (AvgIpc) is 3.11. The highest BCUT2D eigenvalue weighted by molar-refractivity contribution is 6.42. The molecule has 1 aromatic heterocycles. The van der Waals surface area contributed by atoms with Crippen molar-refractivity contribution in [1.29, 1.82) is 0 Å². The van der Waals surface area contributed by atoms with Crippen LogP contribution in [0.4, 0.5) is 16.6 Å². The number of hydrogen-bond acceptors (Lipinski definition) is 5. The number of hydrogen-bond donors (Lipinski definition) is 1. The number of carbonyl (C=O) groups is 1. The fraction of sp³-hybridized carbons (Fsp3) is 0.150. The Morgan fingerprint density at radius 1 is 1.11 bits per heavy atom. The second-order valence-corrected chi connectivity index (χ2v) is 7.03. The molecule has 1 aliphatic heterocycles. The van der Waals surface area contributed by atoms with Crippen LogP contribution in [-0.4, -0.2) is 22.7 Å². The summed E-state index contributed by atoms with van der Waals surface area (Å²) in [5.74, 6) is 0.873. The average molecular weight is 415 g/mol. The first-order valence-electron chi connectivity index (χ1n) is 8.63. The van der Waals surface area contributed by atoms with E-state index in [1.54, 1.807) is 29.3 Å². The van der Waals surface area contributed by atoms with Gasteiger partial charge in [0, 0.05) is 12.7 Å². The van der Waals surface area contributed by atoms with Crippen molar-refractivity contribution in [2.24, 2.45) is 0 Å². The molecule has 1 amide bonds. The number of amides is 1. The minimum atomic E-state index is -0.428. The highest BCUT2D eigenvalue weighted by atomic mass is 35.5. The van der Waals surface area contributed by atoms with E-state index >= 15 is 0 Å². The maximum absolute atomic E-state index is 12.3. The molecule has 1 fully saturated rings. The summed E-state index contributed by atoms with van der Waals surface area (Å²) in [6.45, 7) is 0.742. The molecule has 0 bridgehead atoms. The van der Waals surface area contributed by atoms with Crippen LogP contribution >= 0.6 is 23.2 Å². The second kappa shape index (κ2) is 8.04. The number of benzene rings is 2. The summed E-state index contributed by atoms with van der Waals surface area (Å²) in [4.78, 5) is 22.6. The van der Waals surface area contributed by atoms with Gasteiger partial charge in [-0.15, -0.1) is 0 Å². The van der Waals surface area contributed by atoms with Gasteiger partial charge in [-0.25, -0.2) is 9.78 Å². The van der Waals surface area contributed by atoms with Gasteiger partial charge in [0.25, 0.3) is 0 Å². The number of carbonyl (C=O) groups excluding carboxylic acids is 1. The van der Waals surface area contributed by atoms with Crippen LogP contribution in [0.5, 0.6) is 0 Å². The van der Waals surface area contributed by atoms with Crippen LogP contribution in [-0.2, 0) is 11.3 Å². The normalized spacial score (nSPS) is 16.1. The van der Waals surface area contributed by atoms with Gasteiger partial charge in [-0.1, -0.05) is 59.6 Å². The molecule has 1 N–H and O–H groups in total. The molecule has 0 spiro atoms. The Hall–Kier alpha value is -2.83. The van der Waals surface area contributed by atoms with Gasteiger partial charge in [0.1, 0.15) is 18.5 Å². The van der Waals surface area contributed by atoms with E-state index in [1.165, 1.54) is 0 Å². The van der Waals surface area contributed by atoms with Crippen LogP contribution < -0.4 is 10.2 Å². The fourth-order valence-electron chi connectivity index (χ4n) is 2.99. The first kappa shape index (κ1) is 18.5. The topological polar surface area (TPSA) is 67.3 Å². The zero-order valence-electron chi connectivity index (χ0n) is 14.7. The van der Waals surface area contributed by atoms with Crippen molar-refractivity contribution < 1.29 is 9.53 Å². The van der Waals surface area contributed by atoms with Gasteiger partial charge in [0.15, 0.2) is 0 Å². The van der Waals surface area contributed by atoms with Crippen LogP contribution in [0.15, 0.2) is 60.8 Å². The Morgan fingerprint density at radius 2 is 1.93 bits per heavy atom. The van der Waals surface area contributed by atoms with Gasteiger partial charge in [-0.05, 0) is 29.3 Å². The maximum atomic E-state index is 12.3. The number of anilines is 2. The second-order valence-electron chi connectivity index (χ2n) is 6.21. The lowest BCUT2D eigenvalue weighted by molar-refractivity contribution is 0.179. The van der Waals surface area contributed by atoms with Crippen molar-refractivity contribution in [2.75, 3.05) is 16.8 Å². The van der Waals surface area contributed by atoms with E-state index in [0.29, 0.717) is 28.4 Å². The Balaban J connectivity index is 1.54. The summed E-state index contributed by atoms with van der Waals surface area (Å²) in [5.41, 5.74) is 1.92. The van der Waals surface area contributed by atoms with Gasteiger partial charge in [0.2, 0.25) is 5.95 Å². The zero-order valence-corrected chi connectivity index (χ0v) is 16.2. The Kier molecular flexibility index (Phi) is 5.32. The molecule has 1 atom stereocenters. The predicted octanol–water partition coefficient (Wildman–Crippen LogP) is 5.09. The molecule has 0 radical (unpaired) electrons. The van der Waals surface area contributed by atoms with E-state index in [9.17, 15) is 4.79 Å². The fourth-order valence-corrected chi connectivity index (χ4v) is 3.32. The van der Waals surface area contributed by atoms with E-state index in [2.05, 4.69) is 15.3 Å². The minimum absolute atomic E-state index is 0.230. The van der Waals surface area contributed by atoms with Gasteiger partial charge >= 0.3 is 6.09 Å². The maximum Gasteiger partial charge on any atom is 0.416 e. The monoisotopic (exact) mass is 414 g/mol. The lowest BCUT2D eigenvalue weighted by Gasteiger charge is -2.21. The summed E-state index contributed by atoms with van der Waals surface area (Å²) in [7, 11) is 0. The largest absolute Gasteiger partial charge is 0.447 e. The molecule has 8 heteroatoms. The Bertz CT molecular complexity index is 1000. The van der Waals surface area contributed by atoms with E-state index in [1.807, 2.05) is 36.4 Å². The standard InChI is InChI=1S/C20H16Cl2N4O2/c21-15-7-6-13(10-16(15)22)11-24-19-23-9-8-18(25-19)26-17(12-28-20(26)27)14-4-2-1-3-5-14/h1-10,17H,11-12H2,(H,23,24,25). The molecular formula is C20H16Cl2N4O2. The van der Waals surface area contributed by atoms with Crippen molar-refractivity contribution in [3.8, 4) is 0 Å². The molecule has 2 aromatic carbocycles. The SMILES string of the molecule is O=C1OCC(c2ccccc2)N1c1ccnc(NCc2ccc(Cl)c(Cl)c2)n1. The summed E-state index contributed by atoms with van der Waals surface area (Å²) in [6, 6.07) is 16.6. The van der Waals surface area contributed by atoms with Crippen molar-refractivity contribution in [2.45, 2.75) is 12.6 Å². The van der Waals surface area contributed by atoms with Crippen molar-refractivity contribution >= 4 is 41.1 Å². The molecule has 1 unspecified atom stereocenters. The van der Waals surface area contributed by atoms with Gasteiger partial charge < -0.3 is 10.1 Å². The number of rotatable bonds is 5. The third kappa shape index (κ3) is 3.88. The van der Waals surface area contributed by atoms with Crippen molar-refractivity contribution in [3.63, 3.8) is 0 Å². The molecule has 1 saturated heterocycles. The highest BCUT2D eigenvalue weighted by Crippen LogP contribution is 2.32. The third-order valence-electron chi connectivity index (χ3n) is 4.38. The molecule has 6 nitrogen and oxygen atoms in total. The lowest BCUT2D eigenvalue weighted by atomic mass is 10.1. The molecule has 0 saturated carbocycles. The Morgan fingerprint density at radius 3 is 2.71 bits per heavy atom. The van der Waals surface area contributed by atoms with E-state index in [4.69, 9.17) is 27.9 Å². The van der Waals surface area contributed by atoms with Crippen LogP contribution in [0.3, 0.4) is 0 Å². The lowest BCUT2D eigenvalue weighted by Crippen LogP contribution is -2.28. The smallest absolute Gasteiger partial charge is 0.416 e. The van der Waals surface area contributed by atoms with E-state index in [0.717, 1.165) is 11.1 Å². The van der Waals surface area contributed by atoms with Gasteiger partial charge in [0.05, 0.1) is 10.0 Å². The van der Waals surface area contributed by atoms with Gasteiger partial charge in [-0.3, -0.25) is 4.90 Å². The first-order valence-corrected chi connectivity index (χ1v) is 9.39. The van der Waals surface area contributed by atoms with E-state index < -0.39 is 6.09 Å². The molecule has 142 valence electrons. The number of aromatic nitrogens is 2. The number of nitrogens with one attached hydrogen (secondary N) is 1. The number of cyclic esters (lactones) is 1. The predicted molar refractivity (Wildman–Crippen MR) is 109 cm³/mol. The number of ether oxygens (including phenoxy) is 1. The minimum Gasteiger partial charge on any atom is -0.447 e. The molecule has 3 aromatic rings. The van der Waals surface area contributed by atoms with E-state index in [-0.39, 0.29) is 12.6 Å². The molecular weight excluding hydrogens is 399 g/mol. The molecule has 28 heavy (non-hydrogen) atoms. The zero-order chi connectivity index (χ0) is 19.5. The summed E-state index contributed by atoms with van der Waals surface area (Å²) >= 11 is 12.0. The summed E-state index contributed by atoms with van der Waals surface area (Å²) in [6.07, 6.45) is 1.18. The highest BCUT2D eigenvalue weighted by Gasteiger charge is 2.36. The van der Waals surface area contributed by atoms with Crippen LogP contribution in [0.25, 0.3) is 0 Å². The van der Waals surface area contributed by atoms with Crippen LogP contribution in [0, 0.1) is 0 Å². The van der Waals surface area contributed by atoms with Gasteiger partial charge in [-0.2, -0.15) is 4.98 Å². The summed E-state index contributed by atoms with van der Waals surface area (Å²) < 4.78 is 5.26. The van der Waals surface area contributed by atoms with Crippen molar-refractivity contribution in [3.05, 3.63) is 82.0 Å². The quantitative estimate of drug-likeness (QED) is 0.629. The Labute approximate surface area is 172 Å². The number of nitrogens with zero attached hydrogens (tertiary/aromatic N) is 3. The molecule has 4 rings (SSSR count). The molecule has 0 aliphatic carbocycles. The molecule has 1 aliphatic rings. The van der Waals surface area contributed by atoms with Crippen molar-refractivity contribution in [1.82, 2.24) is 9.97 Å². The van der Waals surface area contributed by atoms with Crippen LogP contribution in [0.1, 0.15) is 17.2 Å².